The van der Waals surface area contributed by atoms with Gasteiger partial charge in [0, 0.05) is 23.9 Å². The van der Waals surface area contributed by atoms with Crippen molar-refractivity contribution in [3.8, 4) is 0 Å². The van der Waals surface area contributed by atoms with Crippen LogP contribution in [0.4, 0.5) is 0 Å². The van der Waals surface area contributed by atoms with Gasteiger partial charge in [0.05, 0.1) is 0 Å². The number of aromatic nitrogens is 3. The molecule has 0 bridgehead atoms. The van der Waals surface area contributed by atoms with Gasteiger partial charge < -0.3 is 15.6 Å². The molecule has 1 aromatic rings. The largest absolute Gasteiger partial charge is 0.369 e. The smallest absolute Gasteiger partial charge is 0.220 e. The first-order chi connectivity index (χ1) is 10.1. The van der Waals surface area contributed by atoms with Gasteiger partial charge in [-0.05, 0) is 51.5 Å². The Morgan fingerprint density at radius 1 is 1.38 bits per heavy atom. The highest BCUT2D eigenvalue weighted by molar-refractivity contribution is 5.77. The van der Waals surface area contributed by atoms with E-state index in [4.69, 9.17) is 5.73 Å². The van der Waals surface area contributed by atoms with Crippen LogP contribution in [0, 0.1) is 18.8 Å². The third-order valence-corrected chi connectivity index (χ3v) is 5.80. The van der Waals surface area contributed by atoms with Crippen molar-refractivity contribution in [2.24, 2.45) is 17.6 Å². The van der Waals surface area contributed by atoms with Crippen molar-refractivity contribution in [1.82, 2.24) is 20.1 Å². The number of nitrogens with one attached hydrogen (secondary N) is 1. The topological polar surface area (TPSA) is 85.8 Å². The second kappa shape index (κ2) is 4.53. The maximum Gasteiger partial charge on any atom is 0.220 e. The van der Waals surface area contributed by atoms with Gasteiger partial charge in [-0.15, -0.1) is 10.2 Å². The van der Waals surface area contributed by atoms with E-state index in [1.54, 1.807) is 0 Å². The van der Waals surface area contributed by atoms with Gasteiger partial charge >= 0.3 is 0 Å². The zero-order valence-corrected chi connectivity index (χ0v) is 12.5. The van der Waals surface area contributed by atoms with Crippen LogP contribution < -0.4 is 11.1 Å². The van der Waals surface area contributed by atoms with E-state index in [9.17, 15) is 4.79 Å². The van der Waals surface area contributed by atoms with Crippen molar-refractivity contribution < 1.29 is 4.79 Å². The first-order valence-corrected chi connectivity index (χ1v) is 8.05. The van der Waals surface area contributed by atoms with Crippen LogP contribution in [-0.2, 0) is 11.3 Å². The molecule has 21 heavy (non-hydrogen) atoms. The highest BCUT2D eigenvalue weighted by atomic mass is 16.1. The third-order valence-electron chi connectivity index (χ3n) is 5.80. The van der Waals surface area contributed by atoms with Crippen LogP contribution in [0.2, 0.25) is 0 Å². The molecule has 0 aromatic carbocycles. The number of fused-ring (bicyclic) bond motifs is 1. The van der Waals surface area contributed by atoms with Gasteiger partial charge in [0.15, 0.2) is 0 Å². The Balaban J connectivity index is 1.56. The summed E-state index contributed by atoms with van der Waals surface area (Å²) < 4.78 is 2.27. The molecule has 2 fully saturated rings. The van der Waals surface area contributed by atoms with Crippen LogP contribution in [-0.4, -0.2) is 32.8 Å². The van der Waals surface area contributed by atoms with E-state index in [-0.39, 0.29) is 17.4 Å². The molecule has 2 aliphatic heterocycles. The summed E-state index contributed by atoms with van der Waals surface area (Å²) in [6.45, 7) is 3.98. The molecule has 4 rings (SSSR count). The average Bonchev–Trinajstić information content (AvgIpc) is 3.02. The summed E-state index contributed by atoms with van der Waals surface area (Å²) >= 11 is 0. The predicted octanol–water partition coefficient (Wildman–Crippen LogP) is 0.708. The molecule has 3 aliphatic rings. The highest BCUT2D eigenvalue weighted by Crippen LogP contribution is 2.58. The van der Waals surface area contributed by atoms with E-state index in [1.807, 2.05) is 6.92 Å². The fourth-order valence-electron chi connectivity index (χ4n) is 4.58. The summed E-state index contributed by atoms with van der Waals surface area (Å²) in [5.41, 5.74) is 5.66. The molecule has 1 aliphatic carbocycles. The second-order valence-electron chi connectivity index (χ2n) is 6.99. The van der Waals surface area contributed by atoms with Gasteiger partial charge in [-0.25, -0.2) is 0 Å². The molecule has 6 heteroatoms. The van der Waals surface area contributed by atoms with Crippen molar-refractivity contribution in [3.63, 3.8) is 0 Å². The molecular weight excluding hydrogens is 266 g/mol. The van der Waals surface area contributed by atoms with Crippen LogP contribution in [0.25, 0.3) is 0 Å². The van der Waals surface area contributed by atoms with Crippen LogP contribution in [0.1, 0.15) is 49.7 Å². The van der Waals surface area contributed by atoms with Gasteiger partial charge in [0.2, 0.25) is 5.91 Å². The van der Waals surface area contributed by atoms with Gasteiger partial charge in [-0.2, -0.15) is 0 Å². The quantitative estimate of drug-likeness (QED) is 0.839. The van der Waals surface area contributed by atoms with Gasteiger partial charge in [0.1, 0.15) is 11.6 Å². The normalized spacial score (nSPS) is 38.2. The molecule has 1 aromatic heterocycles. The van der Waals surface area contributed by atoms with Crippen LogP contribution in [0.5, 0.6) is 0 Å². The van der Waals surface area contributed by atoms with E-state index in [2.05, 4.69) is 20.1 Å². The summed E-state index contributed by atoms with van der Waals surface area (Å²) in [7, 11) is 0. The first kappa shape index (κ1) is 13.2. The highest BCUT2D eigenvalue weighted by Gasteiger charge is 2.60. The number of nitrogens with two attached hydrogens (primary N) is 1. The molecular formula is C15H23N5O. The Bertz CT molecular complexity index is 583. The third kappa shape index (κ3) is 1.99. The fraction of sp³-hybridized carbons (Fsp3) is 0.800. The summed E-state index contributed by atoms with van der Waals surface area (Å²) in [5.74, 6) is 3.16. The number of carbonyl (C=O) groups is 1. The number of piperidine rings is 1. The lowest BCUT2D eigenvalue weighted by Crippen LogP contribution is -2.46. The molecule has 1 saturated carbocycles. The Morgan fingerprint density at radius 2 is 2.24 bits per heavy atom. The molecule has 6 nitrogen and oxygen atoms in total. The van der Waals surface area contributed by atoms with E-state index in [0.29, 0.717) is 11.8 Å². The number of nitrogens with zero attached hydrogens (tertiary/aromatic N) is 3. The minimum absolute atomic E-state index is 0.0412. The lowest BCUT2D eigenvalue weighted by molar-refractivity contribution is -0.123. The summed E-state index contributed by atoms with van der Waals surface area (Å²) in [6, 6.07) is 0. The fourth-order valence-corrected chi connectivity index (χ4v) is 4.58. The van der Waals surface area contributed by atoms with Gasteiger partial charge in [-0.1, -0.05) is 0 Å². The summed E-state index contributed by atoms with van der Waals surface area (Å²) in [5, 5.41) is 12.4. The Morgan fingerprint density at radius 3 is 3.05 bits per heavy atom. The summed E-state index contributed by atoms with van der Waals surface area (Å²) in [4.78, 5) is 11.5. The lowest BCUT2D eigenvalue weighted by atomic mass is 9.84. The van der Waals surface area contributed by atoms with Crippen LogP contribution in [0.3, 0.4) is 0 Å². The van der Waals surface area contributed by atoms with E-state index < -0.39 is 0 Å². The molecule has 1 spiro atoms. The predicted molar refractivity (Wildman–Crippen MR) is 77.5 cm³/mol. The second-order valence-corrected chi connectivity index (χ2v) is 6.99. The number of primary amides is 1. The maximum atomic E-state index is 11.5. The first-order valence-electron chi connectivity index (χ1n) is 8.05. The Hall–Kier alpha value is -1.43. The summed E-state index contributed by atoms with van der Waals surface area (Å²) in [6.07, 6.45) is 5.31. The number of hydrogen-bond acceptors (Lipinski definition) is 4. The molecule has 1 saturated heterocycles. The monoisotopic (exact) mass is 289 g/mol. The lowest BCUT2D eigenvalue weighted by Gasteiger charge is -2.32. The van der Waals surface area contributed by atoms with E-state index in [1.165, 1.54) is 12.8 Å². The van der Waals surface area contributed by atoms with Crippen LogP contribution in [0.15, 0.2) is 0 Å². The number of rotatable bonds is 2. The molecule has 0 radical (unpaired) electrons. The molecule has 3 unspecified atom stereocenters. The molecule has 3 N–H and O–H groups in total. The van der Waals surface area contributed by atoms with Crippen molar-refractivity contribution in [2.45, 2.75) is 57.0 Å². The number of aryl methyl sites for hydroxylation is 1. The molecule has 3 heterocycles. The van der Waals surface area contributed by atoms with Crippen molar-refractivity contribution >= 4 is 5.91 Å². The van der Waals surface area contributed by atoms with Gasteiger partial charge in [-0.3, -0.25) is 4.79 Å². The van der Waals surface area contributed by atoms with Crippen molar-refractivity contribution in [3.05, 3.63) is 11.6 Å². The maximum absolute atomic E-state index is 11.5. The van der Waals surface area contributed by atoms with Gasteiger partial charge in [0.25, 0.3) is 0 Å². The SMILES string of the molecule is Cc1nnc2n1CCC[C@H]2C1CC12CC(C(N)=O)CCN2. The molecule has 4 atom stereocenters. The number of amides is 1. The van der Waals surface area contributed by atoms with E-state index in [0.717, 1.165) is 44.0 Å². The average molecular weight is 289 g/mol. The van der Waals surface area contributed by atoms with Crippen molar-refractivity contribution in [2.75, 3.05) is 6.54 Å². The van der Waals surface area contributed by atoms with Crippen LogP contribution >= 0.6 is 0 Å². The Kier molecular flexibility index (Phi) is 2.86. The molecule has 1 amide bonds. The van der Waals surface area contributed by atoms with E-state index >= 15 is 0 Å². The Labute approximate surface area is 124 Å². The zero-order chi connectivity index (χ0) is 14.6. The number of carbonyl (C=O) groups excluding carboxylic acids is 1. The zero-order valence-electron chi connectivity index (χ0n) is 12.5. The minimum atomic E-state index is -0.135. The standard InChI is InChI=1S/C15H23N5O/c1-9-18-19-14-11(3-2-6-20(9)14)12-8-15(12)7-10(13(16)21)4-5-17-15/h10-12,17H,2-8H2,1H3,(H2,16,21)/t10?,11-,12?,15?/m0/s1. The minimum Gasteiger partial charge on any atom is -0.369 e. The number of hydrogen-bond donors (Lipinski definition) is 2. The van der Waals surface area contributed by atoms with Crippen molar-refractivity contribution in [1.29, 1.82) is 0 Å². The molecule has 114 valence electrons.